The first-order chi connectivity index (χ1) is 10.3. The zero-order chi connectivity index (χ0) is 16.3. The molecule has 1 saturated heterocycles. The van der Waals surface area contributed by atoms with Gasteiger partial charge in [0.2, 0.25) is 0 Å². The summed E-state index contributed by atoms with van der Waals surface area (Å²) in [5.41, 5.74) is -1.32. The molecule has 6 nitrogen and oxygen atoms in total. The number of likely N-dealkylation sites (tertiary alicyclic amines) is 1. The predicted molar refractivity (Wildman–Crippen MR) is 76.4 cm³/mol. The van der Waals surface area contributed by atoms with Crippen molar-refractivity contribution in [2.45, 2.75) is 64.2 Å². The van der Waals surface area contributed by atoms with Crippen molar-refractivity contribution in [1.29, 1.82) is 0 Å². The Morgan fingerprint density at radius 3 is 2.73 bits per heavy atom. The molecule has 1 aromatic heterocycles. The number of carboxylic acids is 1. The third-order valence-corrected chi connectivity index (χ3v) is 4.32. The maximum Gasteiger partial charge on any atom is 0.519 e. The van der Waals surface area contributed by atoms with Crippen molar-refractivity contribution in [3.8, 4) is 0 Å². The van der Waals surface area contributed by atoms with Gasteiger partial charge in [0.1, 0.15) is 17.5 Å². The molecule has 0 aromatic carbocycles. The van der Waals surface area contributed by atoms with Crippen molar-refractivity contribution >= 4 is 5.97 Å². The van der Waals surface area contributed by atoms with Crippen LogP contribution >= 0.6 is 0 Å². The molecule has 2 heterocycles. The van der Waals surface area contributed by atoms with Crippen molar-refractivity contribution in [2.75, 3.05) is 6.54 Å². The lowest BCUT2D eigenvalue weighted by Crippen LogP contribution is -2.40. The zero-order valence-electron chi connectivity index (χ0n) is 12.9. The molecule has 124 valence electrons. The molecule has 22 heavy (non-hydrogen) atoms. The van der Waals surface area contributed by atoms with Crippen LogP contribution < -0.4 is 5.82 Å². The Kier molecular flexibility index (Phi) is 5.05. The standard InChI is InChI=1S/C15H22FNO5/c1-3-5-15(16)6-4-11(13(18)19)17(8-7-15)9-12-10(2)21-14(20)22-12/h11H,3-9H2,1-2H3,(H,18,19). The molecule has 1 aliphatic rings. The molecule has 2 rings (SSSR count). The highest BCUT2D eigenvalue weighted by Gasteiger charge is 2.38. The van der Waals surface area contributed by atoms with Gasteiger partial charge in [-0.2, -0.15) is 0 Å². The van der Waals surface area contributed by atoms with Gasteiger partial charge in [0.05, 0.1) is 6.54 Å². The first-order valence-electron chi connectivity index (χ1n) is 7.60. The van der Waals surface area contributed by atoms with Gasteiger partial charge in [-0.15, -0.1) is 0 Å². The molecule has 1 aliphatic heterocycles. The van der Waals surface area contributed by atoms with Crippen LogP contribution in [0.5, 0.6) is 0 Å². The van der Waals surface area contributed by atoms with E-state index in [1.54, 1.807) is 11.8 Å². The van der Waals surface area contributed by atoms with Crippen LogP contribution in [-0.2, 0) is 11.3 Å². The molecule has 1 aromatic rings. The first-order valence-corrected chi connectivity index (χ1v) is 7.60. The van der Waals surface area contributed by atoms with Crippen LogP contribution in [-0.4, -0.2) is 34.2 Å². The van der Waals surface area contributed by atoms with Gasteiger partial charge in [-0.1, -0.05) is 13.3 Å². The highest BCUT2D eigenvalue weighted by molar-refractivity contribution is 5.73. The Morgan fingerprint density at radius 2 is 2.18 bits per heavy atom. The van der Waals surface area contributed by atoms with Gasteiger partial charge in [0, 0.05) is 6.54 Å². The number of hydrogen-bond acceptors (Lipinski definition) is 5. The second-order valence-corrected chi connectivity index (χ2v) is 5.95. The minimum Gasteiger partial charge on any atom is -0.480 e. The van der Waals surface area contributed by atoms with E-state index < -0.39 is 23.5 Å². The van der Waals surface area contributed by atoms with Gasteiger partial charge in [0.15, 0.2) is 5.76 Å². The lowest BCUT2D eigenvalue weighted by Gasteiger charge is -2.25. The quantitative estimate of drug-likeness (QED) is 0.898. The van der Waals surface area contributed by atoms with E-state index >= 15 is 0 Å². The highest BCUT2D eigenvalue weighted by Crippen LogP contribution is 2.34. The van der Waals surface area contributed by atoms with Gasteiger partial charge in [0.25, 0.3) is 0 Å². The Hall–Kier alpha value is -1.63. The number of nitrogens with zero attached hydrogens (tertiary/aromatic N) is 1. The van der Waals surface area contributed by atoms with Crippen LogP contribution in [0.2, 0.25) is 0 Å². The molecule has 1 N–H and O–H groups in total. The number of hydrogen-bond donors (Lipinski definition) is 1. The fraction of sp³-hybridized carbons (Fsp3) is 0.733. The van der Waals surface area contributed by atoms with Gasteiger partial charge in [-0.3, -0.25) is 9.69 Å². The van der Waals surface area contributed by atoms with Gasteiger partial charge < -0.3 is 13.9 Å². The second kappa shape index (κ2) is 6.64. The molecule has 0 spiro atoms. The fourth-order valence-electron chi connectivity index (χ4n) is 3.07. The average molecular weight is 315 g/mol. The van der Waals surface area contributed by atoms with Gasteiger partial charge in [-0.25, -0.2) is 9.18 Å². The number of rotatable bonds is 5. The van der Waals surface area contributed by atoms with Crippen LogP contribution in [0.3, 0.4) is 0 Å². The maximum absolute atomic E-state index is 14.8. The van der Waals surface area contributed by atoms with Crippen LogP contribution in [0.4, 0.5) is 4.39 Å². The summed E-state index contributed by atoms with van der Waals surface area (Å²) in [5.74, 6) is -1.15. The van der Waals surface area contributed by atoms with Crippen molar-refractivity contribution in [1.82, 2.24) is 4.90 Å². The molecule has 7 heteroatoms. The molecule has 0 radical (unpaired) electrons. The van der Waals surface area contributed by atoms with Crippen molar-refractivity contribution in [3.63, 3.8) is 0 Å². The van der Waals surface area contributed by atoms with Crippen LogP contribution in [0.1, 0.15) is 50.5 Å². The Balaban J connectivity index is 2.17. The molecule has 0 bridgehead atoms. The van der Waals surface area contributed by atoms with E-state index in [0.29, 0.717) is 24.5 Å². The van der Waals surface area contributed by atoms with Crippen molar-refractivity contribution < 1.29 is 23.1 Å². The van der Waals surface area contributed by atoms with E-state index in [-0.39, 0.29) is 25.8 Å². The molecule has 2 unspecified atom stereocenters. The molecular weight excluding hydrogens is 293 g/mol. The maximum atomic E-state index is 14.8. The van der Waals surface area contributed by atoms with E-state index in [4.69, 9.17) is 8.83 Å². The Morgan fingerprint density at radius 1 is 1.45 bits per heavy atom. The Labute approximate surface area is 127 Å². The predicted octanol–water partition coefficient (Wildman–Crippen LogP) is 2.49. The SMILES string of the molecule is CCCC1(F)CCC(C(=O)O)N(Cc2oc(=O)oc2C)CC1. The summed E-state index contributed by atoms with van der Waals surface area (Å²) in [4.78, 5) is 24.2. The number of aliphatic carboxylic acids is 1. The van der Waals surface area contributed by atoms with Gasteiger partial charge >= 0.3 is 11.8 Å². The van der Waals surface area contributed by atoms with Crippen LogP contribution in [0, 0.1) is 6.92 Å². The number of carbonyl (C=O) groups is 1. The number of halogens is 1. The fourth-order valence-corrected chi connectivity index (χ4v) is 3.07. The summed E-state index contributed by atoms with van der Waals surface area (Å²) in [6, 6.07) is -0.783. The smallest absolute Gasteiger partial charge is 0.480 e. The lowest BCUT2D eigenvalue weighted by molar-refractivity contribution is -0.143. The van der Waals surface area contributed by atoms with E-state index in [9.17, 15) is 19.1 Å². The monoisotopic (exact) mass is 315 g/mol. The molecule has 0 saturated carbocycles. The highest BCUT2D eigenvalue weighted by atomic mass is 19.1. The normalized spacial score (nSPS) is 26.8. The molecule has 0 aliphatic carbocycles. The summed E-state index contributed by atoms with van der Waals surface area (Å²) in [5, 5.41) is 9.41. The van der Waals surface area contributed by atoms with Gasteiger partial charge in [-0.05, 0) is 32.6 Å². The summed E-state index contributed by atoms with van der Waals surface area (Å²) in [7, 11) is 0. The van der Waals surface area contributed by atoms with E-state index in [2.05, 4.69) is 0 Å². The van der Waals surface area contributed by atoms with Crippen molar-refractivity contribution in [3.05, 3.63) is 22.1 Å². The third-order valence-electron chi connectivity index (χ3n) is 4.32. The minimum absolute atomic E-state index is 0.136. The summed E-state index contributed by atoms with van der Waals surface area (Å²) in [6.45, 7) is 3.95. The number of aryl methyl sites for hydroxylation is 1. The van der Waals surface area contributed by atoms with E-state index in [1.165, 1.54) is 0 Å². The van der Waals surface area contributed by atoms with Crippen molar-refractivity contribution in [2.24, 2.45) is 0 Å². The summed E-state index contributed by atoms with van der Waals surface area (Å²) < 4.78 is 24.5. The summed E-state index contributed by atoms with van der Waals surface area (Å²) >= 11 is 0. The topological polar surface area (TPSA) is 83.9 Å². The minimum atomic E-state index is -1.32. The number of alkyl halides is 1. The molecule has 0 amide bonds. The molecule has 1 fully saturated rings. The molecular formula is C15H22FNO5. The molecule has 2 atom stereocenters. The number of carboxylic acid groups (broad SMARTS) is 1. The summed E-state index contributed by atoms with van der Waals surface area (Å²) in [6.07, 6.45) is 1.93. The average Bonchev–Trinajstić information content (AvgIpc) is 2.64. The first kappa shape index (κ1) is 16.7. The third kappa shape index (κ3) is 3.76. The largest absolute Gasteiger partial charge is 0.519 e. The second-order valence-electron chi connectivity index (χ2n) is 5.95. The van der Waals surface area contributed by atoms with Crippen LogP contribution in [0.15, 0.2) is 13.6 Å². The van der Waals surface area contributed by atoms with E-state index in [1.807, 2.05) is 6.92 Å². The van der Waals surface area contributed by atoms with E-state index in [0.717, 1.165) is 6.42 Å². The Bertz CT molecular complexity index is 581. The zero-order valence-corrected chi connectivity index (χ0v) is 12.9. The van der Waals surface area contributed by atoms with Crippen LogP contribution in [0.25, 0.3) is 0 Å². The lowest BCUT2D eigenvalue weighted by atomic mass is 9.91.